The number of hydrogen-bond donors (Lipinski definition) is 1. The molecule has 2 heterocycles. The van der Waals surface area contributed by atoms with Gasteiger partial charge in [-0.2, -0.15) is 5.10 Å². The first-order valence-corrected chi connectivity index (χ1v) is 11.0. The smallest absolute Gasteiger partial charge is 0.273 e. The van der Waals surface area contributed by atoms with E-state index < -0.39 is 0 Å². The van der Waals surface area contributed by atoms with Crippen LogP contribution in [0.25, 0.3) is 11.1 Å². The van der Waals surface area contributed by atoms with Gasteiger partial charge >= 0.3 is 0 Å². The van der Waals surface area contributed by atoms with Crippen molar-refractivity contribution in [2.45, 2.75) is 58.0 Å². The second-order valence-corrected chi connectivity index (χ2v) is 9.00. The Morgan fingerprint density at radius 2 is 1.80 bits per heavy atom. The zero-order valence-corrected chi connectivity index (χ0v) is 18.2. The highest BCUT2D eigenvalue weighted by Gasteiger charge is 2.23. The standard InChI is InChI=1S/C25H32N4O/c1-18(2)15-29-17-21(22-14-26-28(3)16-22)13-24(25(29)30)27-23-11-9-20(10-12-23)19-7-5-4-6-8-19/h4-8,13-14,16-18,20,23,27H,9-12,15H2,1-3H3/t20-,23+. The van der Waals surface area contributed by atoms with E-state index in [0.717, 1.165) is 36.8 Å². The van der Waals surface area contributed by atoms with Gasteiger partial charge in [0.25, 0.3) is 5.56 Å². The van der Waals surface area contributed by atoms with E-state index >= 15 is 0 Å². The molecule has 5 nitrogen and oxygen atoms in total. The molecule has 1 saturated carbocycles. The molecule has 1 aliphatic carbocycles. The van der Waals surface area contributed by atoms with E-state index in [0.29, 0.717) is 30.1 Å². The Hall–Kier alpha value is -2.82. The fourth-order valence-electron chi connectivity index (χ4n) is 4.51. The lowest BCUT2D eigenvalue weighted by atomic mass is 9.82. The maximum atomic E-state index is 13.1. The van der Waals surface area contributed by atoms with E-state index in [1.807, 2.05) is 36.3 Å². The van der Waals surface area contributed by atoms with Crippen molar-refractivity contribution in [1.29, 1.82) is 0 Å². The first-order valence-electron chi connectivity index (χ1n) is 11.0. The summed E-state index contributed by atoms with van der Waals surface area (Å²) in [7, 11) is 1.91. The van der Waals surface area contributed by atoms with Crippen molar-refractivity contribution in [2.24, 2.45) is 13.0 Å². The molecule has 1 fully saturated rings. The van der Waals surface area contributed by atoms with E-state index in [4.69, 9.17) is 0 Å². The van der Waals surface area contributed by atoms with Gasteiger partial charge in [0.1, 0.15) is 5.69 Å². The van der Waals surface area contributed by atoms with Crippen LogP contribution in [0.2, 0.25) is 0 Å². The first-order chi connectivity index (χ1) is 14.5. The summed E-state index contributed by atoms with van der Waals surface area (Å²) in [5.74, 6) is 1.03. The number of rotatable bonds is 6. The number of anilines is 1. The molecular weight excluding hydrogens is 372 g/mol. The van der Waals surface area contributed by atoms with Gasteiger partial charge in [-0.25, -0.2) is 0 Å². The Labute approximate surface area is 178 Å². The Balaban J connectivity index is 1.54. The highest BCUT2D eigenvalue weighted by Crippen LogP contribution is 2.34. The van der Waals surface area contributed by atoms with Crippen LogP contribution in [0.3, 0.4) is 0 Å². The van der Waals surface area contributed by atoms with Crippen molar-refractivity contribution in [2.75, 3.05) is 5.32 Å². The molecular formula is C25H32N4O. The van der Waals surface area contributed by atoms with Gasteiger partial charge in [-0.05, 0) is 49.1 Å². The number of nitrogens with one attached hydrogen (secondary N) is 1. The third-order valence-corrected chi connectivity index (χ3v) is 6.04. The summed E-state index contributed by atoms with van der Waals surface area (Å²) in [6.07, 6.45) is 10.3. The second-order valence-electron chi connectivity index (χ2n) is 9.00. The fraction of sp³-hybridized carbons (Fsp3) is 0.440. The quantitative estimate of drug-likeness (QED) is 0.626. The Morgan fingerprint density at radius 1 is 1.07 bits per heavy atom. The maximum Gasteiger partial charge on any atom is 0.273 e. The van der Waals surface area contributed by atoms with E-state index in [-0.39, 0.29) is 5.56 Å². The lowest BCUT2D eigenvalue weighted by molar-refractivity contribution is 0.411. The van der Waals surface area contributed by atoms with E-state index in [1.165, 1.54) is 5.56 Å². The van der Waals surface area contributed by atoms with Crippen LogP contribution in [0.15, 0.2) is 59.8 Å². The van der Waals surface area contributed by atoms with Crippen LogP contribution >= 0.6 is 0 Å². The van der Waals surface area contributed by atoms with E-state index in [2.05, 4.69) is 54.6 Å². The average molecular weight is 405 g/mol. The Bertz CT molecular complexity index is 1030. The minimum Gasteiger partial charge on any atom is -0.378 e. The van der Waals surface area contributed by atoms with Crippen LogP contribution in [0.5, 0.6) is 0 Å². The van der Waals surface area contributed by atoms with Gasteiger partial charge < -0.3 is 9.88 Å². The molecule has 158 valence electrons. The molecule has 1 N–H and O–H groups in total. The van der Waals surface area contributed by atoms with Crippen LogP contribution in [-0.4, -0.2) is 20.4 Å². The monoisotopic (exact) mass is 404 g/mol. The second kappa shape index (κ2) is 8.90. The number of aryl methyl sites for hydroxylation is 1. The molecule has 2 aromatic heterocycles. The van der Waals surface area contributed by atoms with Gasteiger partial charge in [0.15, 0.2) is 0 Å². The molecule has 0 aliphatic heterocycles. The minimum absolute atomic E-state index is 0.0709. The van der Waals surface area contributed by atoms with Crippen molar-refractivity contribution in [3.8, 4) is 11.1 Å². The number of nitrogens with zero attached hydrogens (tertiary/aromatic N) is 3. The zero-order chi connectivity index (χ0) is 21.1. The zero-order valence-electron chi connectivity index (χ0n) is 18.2. The molecule has 5 heteroatoms. The molecule has 3 aromatic rings. The van der Waals surface area contributed by atoms with Crippen molar-refractivity contribution in [3.63, 3.8) is 0 Å². The van der Waals surface area contributed by atoms with E-state index in [9.17, 15) is 4.79 Å². The molecule has 4 rings (SSSR count). The lowest BCUT2D eigenvalue weighted by Crippen LogP contribution is -2.31. The normalized spacial score (nSPS) is 19.2. The van der Waals surface area contributed by atoms with Crippen molar-refractivity contribution >= 4 is 5.69 Å². The number of pyridine rings is 1. The van der Waals surface area contributed by atoms with Gasteiger partial charge in [-0.15, -0.1) is 0 Å². The van der Waals surface area contributed by atoms with Gasteiger partial charge in [0.05, 0.1) is 6.20 Å². The summed E-state index contributed by atoms with van der Waals surface area (Å²) in [4.78, 5) is 13.1. The van der Waals surface area contributed by atoms with Crippen LogP contribution in [0.1, 0.15) is 51.0 Å². The predicted octanol–water partition coefficient (Wildman–Crippen LogP) is 5.04. The third-order valence-electron chi connectivity index (χ3n) is 6.04. The van der Waals surface area contributed by atoms with Crippen molar-refractivity contribution < 1.29 is 0 Å². The molecule has 0 unspecified atom stereocenters. The summed E-state index contributed by atoms with van der Waals surface area (Å²) < 4.78 is 3.65. The molecule has 1 aromatic carbocycles. The number of benzene rings is 1. The Morgan fingerprint density at radius 3 is 2.43 bits per heavy atom. The van der Waals surface area contributed by atoms with Crippen LogP contribution in [0.4, 0.5) is 5.69 Å². The topological polar surface area (TPSA) is 51.9 Å². The molecule has 1 aliphatic rings. The SMILES string of the molecule is CC(C)Cn1cc(-c2cnn(C)c2)cc(N[C@H]2CC[C@@H](c3ccccc3)CC2)c1=O. The molecule has 0 saturated heterocycles. The molecule has 0 bridgehead atoms. The summed E-state index contributed by atoms with van der Waals surface area (Å²) in [5, 5.41) is 7.89. The van der Waals surface area contributed by atoms with Gasteiger partial charge in [-0.1, -0.05) is 44.2 Å². The molecule has 0 amide bonds. The summed E-state index contributed by atoms with van der Waals surface area (Å²) in [6.45, 7) is 4.99. The molecule has 0 atom stereocenters. The van der Waals surface area contributed by atoms with Crippen molar-refractivity contribution in [1.82, 2.24) is 14.3 Å². The highest BCUT2D eigenvalue weighted by atomic mass is 16.1. The minimum atomic E-state index is 0.0709. The summed E-state index contributed by atoms with van der Waals surface area (Å²) in [6, 6.07) is 13.1. The van der Waals surface area contributed by atoms with Gasteiger partial charge in [0, 0.05) is 43.2 Å². The molecule has 0 radical (unpaired) electrons. The third kappa shape index (κ3) is 4.66. The first kappa shape index (κ1) is 20.5. The van der Waals surface area contributed by atoms with Crippen molar-refractivity contribution in [3.05, 3.63) is 70.9 Å². The summed E-state index contributed by atoms with van der Waals surface area (Å²) >= 11 is 0. The van der Waals surface area contributed by atoms with Gasteiger partial charge in [-0.3, -0.25) is 9.48 Å². The van der Waals surface area contributed by atoms with E-state index in [1.54, 1.807) is 4.68 Å². The molecule has 30 heavy (non-hydrogen) atoms. The Kier molecular flexibility index (Phi) is 6.07. The van der Waals surface area contributed by atoms with Crippen LogP contribution < -0.4 is 10.9 Å². The number of aromatic nitrogens is 3. The maximum absolute atomic E-state index is 13.1. The molecule has 0 spiro atoms. The largest absolute Gasteiger partial charge is 0.378 e. The number of hydrogen-bond acceptors (Lipinski definition) is 3. The predicted molar refractivity (Wildman–Crippen MR) is 123 cm³/mol. The van der Waals surface area contributed by atoms with Crippen LogP contribution in [-0.2, 0) is 13.6 Å². The average Bonchev–Trinajstić information content (AvgIpc) is 3.18. The fourth-order valence-corrected chi connectivity index (χ4v) is 4.51. The highest BCUT2D eigenvalue weighted by molar-refractivity contribution is 5.65. The van der Waals surface area contributed by atoms with Gasteiger partial charge in [0.2, 0.25) is 0 Å². The van der Waals surface area contributed by atoms with Crippen LogP contribution in [0, 0.1) is 5.92 Å². The lowest BCUT2D eigenvalue weighted by Gasteiger charge is -2.30. The summed E-state index contributed by atoms with van der Waals surface area (Å²) in [5.41, 5.74) is 4.28.